The third-order valence-electron chi connectivity index (χ3n) is 18.9. The van der Waals surface area contributed by atoms with Crippen molar-refractivity contribution in [3.05, 3.63) is 488 Å². The van der Waals surface area contributed by atoms with Crippen LogP contribution in [0.25, 0.3) is 74.8 Å². The predicted molar refractivity (Wildman–Crippen MR) is 530 cm³/mol. The van der Waals surface area contributed by atoms with Crippen molar-refractivity contribution in [2.75, 3.05) is 7.11 Å². The molecular weight excluding hydrogens is 1890 g/mol. The molecule has 6 heterocycles. The second kappa shape index (κ2) is 54.3. The Morgan fingerprint density at radius 1 is 0.328 bits per heavy atom. The third kappa shape index (κ3) is 35.5. The molecular formula is C110H90BBr3O20. The topological polar surface area (TPSA) is 329 Å². The summed E-state index contributed by atoms with van der Waals surface area (Å²) >= 11 is 9.98. The standard InChI is InChI=1S/C22H18O4.C21H18O4.C21H16O4.C18H13BrO2.C10H8O.C8H7BrO2.C6H5Br.C4H5BO3/c1-25-22(24)13-10-16-6-5-7-17(14-16)15-19(23)21-12-11-20(26-21)18-8-3-2-4-9-18;2*22-18(14-16-6-4-5-15(13-16)9-12-21(23)24)20-11-10-19(25-20)17-7-2-1-3-8-17;19-15-8-4-5-13(11-15)12-16(20)18-10-9-17(21-18)14-6-2-1-3-7-14;1-2-5-9(6-3-1)10-7-4-8-11-10;9-7-3-1-2-6(4-7)5-8(10)11;7-6-4-2-1-3-5-6;6-5(7)4-2-1-3-8-4/h2-14H,15H2,1H3;1-13,18,22H,14H2,(H,23,24);1-13H,14H2,(H,23,24);1-11H,12H2;1-8H;1-4H,5H2,(H,10,11);1-5H;1-3,6-7H/b13-10+;2*12-9+;;;;;. The number of esters is 1. The second-order valence-electron chi connectivity index (χ2n) is 29.0. The van der Waals surface area contributed by atoms with Gasteiger partial charge >= 0.3 is 31.0 Å². The number of methoxy groups -OCH3 is 1. The van der Waals surface area contributed by atoms with Gasteiger partial charge in [-0.25, -0.2) is 14.4 Å². The lowest BCUT2D eigenvalue weighted by Crippen LogP contribution is -2.27. The number of hydrogen-bond acceptors (Lipinski definition) is 17. The minimum absolute atomic E-state index is 0.0183. The first-order valence-electron chi connectivity index (χ1n) is 41.6. The molecule has 6 N–H and O–H groups in total. The Kier molecular flexibility index (Phi) is 40.8. The van der Waals surface area contributed by atoms with Gasteiger partial charge in [0.1, 0.15) is 46.3 Å². The Labute approximate surface area is 799 Å². The molecule has 24 heteroatoms. The monoisotopic (exact) mass is 1980 g/mol. The SMILES string of the molecule is Brc1ccccc1.COC(=O)/C=C/c1cccc(CC(=O)c2ccc(-c3ccccc3)o2)c1.O=C(Cc1cccc(Br)c1)c1ccc(-c2ccccc2)o1.O=C(O)/C=C/c1cccc(CC(=O)c2ccc(-c3ccccc3)o2)c1.O=C(O)/C=C/c1cccc(CC(O)c2ccc(-c3ccccc3)o2)c1.O=C(O)Cc1cccc(Br)c1.OB(O)c1ccco1.c1ccc(-c2ccco2)cc1. The second-order valence-corrected chi connectivity index (χ2v) is 31.7. The number of carboxylic acids is 3. The summed E-state index contributed by atoms with van der Waals surface area (Å²) in [7, 11) is -0.153. The van der Waals surface area contributed by atoms with Crippen LogP contribution in [0.2, 0.25) is 0 Å². The first-order valence-corrected chi connectivity index (χ1v) is 44.0. The molecule has 1 atom stereocenters. The van der Waals surface area contributed by atoms with Crippen LogP contribution < -0.4 is 5.66 Å². The number of Topliss-reactive ketones (excluding diaryl/α,β-unsaturated/α-hetero) is 3. The van der Waals surface area contributed by atoms with E-state index in [9.17, 15) is 38.7 Å². The molecule has 11 aromatic carbocycles. The molecule has 0 aliphatic carbocycles. The Balaban J connectivity index is 0.000000164. The number of carbonyl (C=O) groups is 7. The molecule has 6 aromatic heterocycles. The summed E-state index contributed by atoms with van der Waals surface area (Å²) in [5, 5.41) is 53.0. The molecule has 1 unspecified atom stereocenters. The number of halogens is 3. The average Bonchev–Trinajstić information content (AvgIpc) is 1.71. The van der Waals surface area contributed by atoms with E-state index in [0.29, 0.717) is 58.9 Å². The van der Waals surface area contributed by atoms with Gasteiger partial charge in [-0.05, 0) is 172 Å². The molecule has 0 spiro atoms. The maximum absolute atomic E-state index is 12.5. The number of furan rings is 6. The van der Waals surface area contributed by atoms with E-state index in [-0.39, 0.29) is 42.3 Å². The fourth-order valence-corrected chi connectivity index (χ4v) is 13.7. The van der Waals surface area contributed by atoms with Gasteiger partial charge in [0.15, 0.2) is 17.3 Å². The van der Waals surface area contributed by atoms with Crippen LogP contribution in [0.1, 0.15) is 88.0 Å². The minimum atomic E-state index is -1.48. The molecule has 0 amide bonds. The Morgan fingerprint density at radius 3 is 0.993 bits per heavy atom. The highest BCUT2D eigenvalue weighted by molar-refractivity contribution is 9.11. The Morgan fingerprint density at radius 2 is 0.657 bits per heavy atom. The maximum atomic E-state index is 12.5. The van der Waals surface area contributed by atoms with Gasteiger partial charge < -0.3 is 61.7 Å². The number of ketones is 3. The van der Waals surface area contributed by atoms with Crippen LogP contribution in [0.15, 0.2) is 447 Å². The van der Waals surface area contributed by atoms with E-state index in [4.69, 9.17) is 47.5 Å². The molecule has 20 nitrogen and oxygen atoms in total. The van der Waals surface area contributed by atoms with Crippen molar-refractivity contribution in [3.8, 4) is 56.6 Å². The van der Waals surface area contributed by atoms with E-state index in [1.165, 1.54) is 37.7 Å². The van der Waals surface area contributed by atoms with Crippen LogP contribution in [0.3, 0.4) is 0 Å². The molecule has 17 rings (SSSR count). The lowest BCUT2D eigenvalue weighted by atomic mass is 9.88. The lowest BCUT2D eigenvalue weighted by molar-refractivity contribution is -0.136. The fraction of sp³-hybridized carbons (Fsp3) is 0.0636. The molecule has 134 heavy (non-hydrogen) atoms. The third-order valence-corrected chi connectivity index (χ3v) is 20.4. The molecule has 0 aliphatic rings. The number of carboxylic acid groups (broad SMARTS) is 3. The molecule has 0 radical (unpaired) electrons. The van der Waals surface area contributed by atoms with E-state index in [0.717, 1.165) is 104 Å². The zero-order chi connectivity index (χ0) is 95.2. The van der Waals surface area contributed by atoms with Gasteiger partial charge in [-0.2, -0.15) is 0 Å². The number of carbonyl (C=O) groups excluding carboxylic acids is 4. The molecule has 0 bridgehead atoms. The molecule has 0 saturated carbocycles. The zero-order valence-electron chi connectivity index (χ0n) is 72.1. The van der Waals surface area contributed by atoms with Crippen LogP contribution in [0, 0.1) is 0 Å². The number of hydrogen-bond donors (Lipinski definition) is 6. The van der Waals surface area contributed by atoms with Crippen molar-refractivity contribution in [2.24, 2.45) is 0 Å². The van der Waals surface area contributed by atoms with E-state index in [1.54, 1.807) is 85.1 Å². The predicted octanol–water partition coefficient (Wildman–Crippen LogP) is 24.9. The van der Waals surface area contributed by atoms with Crippen molar-refractivity contribution in [2.45, 2.75) is 38.2 Å². The highest BCUT2D eigenvalue weighted by Gasteiger charge is 2.19. The van der Waals surface area contributed by atoms with E-state index in [1.807, 2.05) is 297 Å². The lowest BCUT2D eigenvalue weighted by Gasteiger charge is -2.08. The molecule has 17 aromatic rings. The number of aliphatic hydroxyl groups is 1. The van der Waals surface area contributed by atoms with Crippen LogP contribution >= 0.6 is 47.8 Å². The fourth-order valence-electron chi connectivity index (χ4n) is 12.5. The summed E-state index contributed by atoms with van der Waals surface area (Å²) in [6.07, 6.45) is 11.7. The first-order chi connectivity index (χ1) is 64.9. The van der Waals surface area contributed by atoms with Crippen LogP contribution in [0.5, 0.6) is 0 Å². The van der Waals surface area contributed by atoms with Crippen molar-refractivity contribution < 1.29 is 95.3 Å². The Bertz CT molecular complexity index is 6600. The summed E-state index contributed by atoms with van der Waals surface area (Å²) in [5.41, 5.74) is 11.7. The van der Waals surface area contributed by atoms with Crippen molar-refractivity contribution in [1.82, 2.24) is 0 Å². The number of aliphatic hydroxyl groups excluding tert-OH is 1. The smallest absolute Gasteiger partial charge is 0.481 e. The van der Waals surface area contributed by atoms with Gasteiger partial charge in [0, 0.05) is 85.1 Å². The quantitative estimate of drug-likeness (QED) is 0.0127. The van der Waals surface area contributed by atoms with Crippen LogP contribution in [0.4, 0.5) is 0 Å². The van der Waals surface area contributed by atoms with Gasteiger partial charge in [0.25, 0.3) is 0 Å². The Hall–Kier alpha value is -15.4. The first kappa shape index (κ1) is 101. The molecule has 0 fully saturated rings. The van der Waals surface area contributed by atoms with Crippen molar-refractivity contribution in [3.63, 3.8) is 0 Å². The number of ether oxygens (including phenoxy) is 1. The van der Waals surface area contributed by atoms with Gasteiger partial charge in [0.05, 0.1) is 26.1 Å². The summed E-state index contributed by atoms with van der Waals surface area (Å²) in [6.45, 7) is 0. The van der Waals surface area contributed by atoms with Gasteiger partial charge in [-0.3, -0.25) is 19.2 Å². The average molecular weight is 1980 g/mol. The summed E-state index contributed by atoms with van der Waals surface area (Å²) in [4.78, 5) is 79.8. The van der Waals surface area contributed by atoms with Crippen molar-refractivity contribution in [1.29, 1.82) is 0 Å². The molecule has 0 saturated heterocycles. The number of rotatable bonds is 26. The van der Waals surface area contributed by atoms with Crippen LogP contribution in [-0.2, 0) is 56.0 Å². The zero-order valence-corrected chi connectivity index (χ0v) is 76.9. The molecule has 674 valence electrons. The van der Waals surface area contributed by atoms with E-state index >= 15 is 0 Å². The normalized spacial score (nSPS) is 10.7. The summed E-state index contributed by atoms with van der Waals surface area (Å²) in [5.74, 6) is 1.76. The van der Waals surface area contributed by atoms with E-state index in [2.05, 4.69) is 56.9 Å². The number of benzene rings is 11. The summed E-state index contributed by atoms with van der Waals surface area (Å²) < 4.78 is 40.2. The highest BCUT2D eigenvalue weighted by atomic mass is 79.9. The minimum Gasteiger partial charge on any atom is -0.481 e. The summed E-state index contributed by atoms with van der Waals surface area (Å²) in [6, 6.07) is 117. The highest BCUT2D eigenvalue weighted by Crippen LogP contribution is 2.31. The number of aliphatic carboxylic acids is 3. The molecule has 0 aliphatic heterocycles. The maximum Gasteiger partial charge on any atom is 0.526 e. The largest absolute Gasteiger partial charge is 0.526 e. The van der Waals surface area contributed by atoms with Crippen molar-refractivity contribution >= 4 is 120 Å². The van der Waals surface area contributed by atoms with Gasteiger partial charge in [0.2, 0.25) is 17.3 Å². The van der Waals surface area contributed by atoms with Crippen LogP contribution in [-0.4, -0.2) is 85.9 Å². The van der Waals surface area contributed by atoms with E-state index < -0.39 is 37.1 Å². The van der Waals surface area contributed by atoms with Gasteiger partial charge in [-0.15, -0.1) is 0 Å². The van der Waals surface area contributed by atoms with Gasteiger partial charge in [-0.1, -0.05) is 315 Å².